The summed E-state index contributed by atoms with van der Waals surface area (Å²) in [4.78, 5) is 30.0. The van der Waals surface area contributed by atoms with Crippen LogP contribution in [0.15, 0.2) is 28.9 Å². The van der Waals surface area contributed by atoms with Crippen molar-refractivity contribution in [2.24, 2.45) is 0 Å². The molecule has 0 saturated carbocycles. The third-order valence-corrected chi connectivity index (χ3v) is 5.65. The van der Waals surface area contributed by atoms with Crippen LogP contribution in [0.2, 0.25) is 0 Å². The Morgan fingerprint density at radius 1 is 1.03 bits per heavy atom. The number of hydrogen-bond donors (Lipinski definition) is 1. The van der Waals surface area contributed by atoms with Crippen LogP contribution in [0.25, 0.3) is 0 Å². The molecule has 0 radical (unpaired) electrons. The van der Waals surface area contributed by atoms with Gasteiger partial charge in [0.15, 0.2) is 11.4 Å². The highest BCUT2D eigenvalue weighted by atomic mass is 16.6. The van der Waals surface area contributed by atoms with Crippen molar-refractivity contribution in [1.29, 1.82) is 0 Å². The maximum atomic E-state index is 13.0. The van der Waals surface area contributed by atoms with Gasteiger partial charge in [0.25, 0.3) is 5.91 Å². The summed E-state index contributed by atoms with van der Waals surface area (Å²) in [6.45, 7) is 9.78. The highest BCUT2D eigenvalue weighted by Crippen LogP contribution is 2.34. The molecule has 3 aromatic rings. The first kappa shape index (κ1) is 27.7. The average Bonchev–Trinajstić information content (AvgIpc) is 3.31. The molecule has 0 saturated heterocycles. The molecule has 37 heavy (non-hydrogen) atoms. The number of aromatic nitrogens is 3. The topological polar surface area (TPSA) is 115 Å². The van der Waals surface area contributed by atoms with Crippen molar-refractivity contribution in [3.63, 3.8) is 0 Å². The third kappa shape index (κ3) is 6.88. The minimum atomic E-state index is -0.562. The van der Waals surface area contributed by atoms with Gasteiger partial charge in [-0.1, -0.05) is 32.9 Å². The fourth-order valence-electron chi connectivity index (χ4n) is 3.29. The van der Waals surface area contributed by atoms with Gasteiger partial charge < -0.3 is 33.7 Å². The number of carbonyl (C=O) groups excluding carboxylic acids is 1. The van der Waals surface area contributed by atoms with Crippen LogP contribution in [0, 0.1) is 6.92 Å². The summed E-state index contributed by atoms with van der Waals surface area (Å²) >= 11 is 0. The van der Waals surface area contributed by atoms with Gasteiger partial charge in [-0.3, -0.25) is 4.79 Å². The van der Waals surface area contributed by atoms with Gasteiger partial charge in [-0.05, 0) is 43.6 Å². The number of nitrogens with zero attached hydrogens (tertiary/aromatic N) is 5. The molecule has 3 rings (SSSR count). The number of rotatable bonds is 10. The van der Waals surface area contributed by atoms with Crippen molar-refractivity contribution >= 4 is 17.5 Å². The Morgan fingerprint density at radius 3 is 2.24 bits per heavy atom. The molecule has 0 fully saturated rings. The van der Waals surface area contributed by atoms with Gasteiger partial charge >= 0.3 is 6.08 Å². The summed E-state index contributed by atoms with van der Waals surface area (Å²) in [5.41, 5.74) is 2.16. The molecule has 0 aliphatic heterocycles. The van der Waals surface area contributed by atoms with E-state index in [4.69, 9.17) is 18.6 Å². The minimum Gasteiger partial charge on any atom is -0.479 e. The highest BCUT2D eigenvalue weighted by molar-refractivity contribution is 6.04. The molecule has 0 aliphatic carbocycles. The smallest absolute Gasteiger partial charge is 0.399 e. The normalized spacial score (nSPS) is 11.4. The van der Waals surface area contributed by atoms with Crippen LogP contribution in [0.3, 0.4) is 0 Å². The van der Waals surface area contributed by atoms with E-state index in [-0.39, 0.29) is 34.6 Å². The van der Waals surface area contributed by atoms with Crippen LogP contribution >= 0.6 is 0 Å². The summed E-state index contributed by atoms with van der Waals surface area (Å²) < 4.78 is 22.1. The van der Waals surface area contributed by atoms with Gasteiger partial charge in [0.2, 0.25) is 17.7 Å². The van der Waals surface area contributed by atoms with E-state index in [9.17, 15) is 4.79 Å². The van der Waals surface area contributed by atoms with E-state index in [0.29, 0.717) is 18.2 Å². The van der Waals surface area contributed by atoms with Crippen LogP contribution < -0.4 is 24.4 Å². The number of aryl methyl sites for hydroxylation is 1. The molecular formula is C26H36N6O5. The first-order valence-electron chi connectivity index (χ1n) is 11.8. The lowest BCUT2D eigenvalue weighted by molar-refractivity contribution is 0.102. The van der Waals surface area contributed by atoms with Crippen molar-refractivity contribution in [3.05, 3.63) is 41.3 Å². The second kappa shape index (κ2) is 11.5. The van der Waals surface area contributed by atoms with E-state index < -0.39 is 5.91 Å². The number of ether oxygens (including phenoxy) is 3. The van der Waals surface area contributed by atoms with Crippen LogP contribution in [-0.4, -0.2) is 74.2 Å². The maximum absolute atomic E-state index is 13.0. The SMILES string of the molecule is COc1nc(N(C)CCN(C)C)nc(OC)c1NC(=O)c1coc(Oc2cc(C(C)(C)C)ccc2C)n1. The minimum absolute atomic E-state index is 0.0101. The fourth-order valence-corrected chi connectivity index (χ4v) is 3.29. The Hall–Kier alpha value is -3.86. The zero-order valence-electron chi connectivity index (χ0n) is 23.0. The Bertz CT molecular complexity index is 1210. The molecule has 0 spiro atoms. The molecule has 2 aromatic heterocycles. The quantitative estimate of drug-likeness (QED) is 0.425. The van der Waals surface area contributed by atoms with E-state index in [1.54, 1.807) is 0 Å². The molecule has 1 amide bonds. The number of methoxy groups -OCH3 is 2. The Morgan fingerprint density at radius 2 is 1.68 bits per heavy atom. The lowest BCUT2D eigenvalue weighted by atomic mass is 9.86. The number of amides is 1. The van der Waals surface area contributed by atoms with E-state index in [1.807, 2.05) is 45.1 Å². The van der Waals surface area contributed by atoms with Crippen LogP contribution in [-0.2, 0) is 5.41 Å². The number of hydrogen-bond acceptors (Lipinski definition) is 10. The van der Waals surface area contributed by atoms with Crippen molar-refractivity contribution < 1.29 is 23.4 Å². The van der Waals surface area contributed by atoms with Crippen molar-refractivity contribution in [2.75, 3.05) is 58.7 Å². The first-order chi connectivity index (χ1) is 17.4. The molecule has 0 unspecified atom stereocenters. The molecule has 1 aromatic carbocycles. The second-order valence-corrected chi connectivity index (χ2v) is 9.93. The van der Waals surface area contributed by atoms with Crippen molar-refractivity contribution in [3.8, 4) is 23.6 Å². The summed E-state index contributed by atoms with van der Waals surface area (Å²) in [6.07, 6.45) is 1.17. The van der Waals surface area contributed by atoms with Gasteiger partial charge in [-0.25, -0.2) is 0 Å². The standard InChI is InChI=1S/C26H36N6O5/c1-16-10-11-17(26(2,3)4)14-19(16)37-25-27-18(15-36-25)21(33)28-20-22(34-8)29-24(30-23(20)35-9)32(7)13-12-31(5)6/h10-11,14-15H,12-13H2,1-9H3,(H,28,33). The van der Waals surface area contributed by atoms with E-state index in [2.05, 4.69) is 52.0 Å². The van der Waals surface area contributed by atoms with E-state index in [1.165, 1.54) is 20.5 Å². The number of carbonyl (C=O) groups is 1. The van der Waals surface area contributed by atoms with Crippen LogP contribution in [0.1, 0.15) is 42.4 Å². The maximum Gasteiger partial charge on any atom is 0.399 e. The molecule has 200 valence electrons. The average molecular weight is 513 g/mol. The summed E-state index contributed by atoms with van der Waals surface area (Å²) in [5.74, 6) is 0.751. The number of nitrogens with one attached hydrogen (secondary N) is 1. The summed E-state index contributed by atoms with van der Waals surface area (Å²) in [6, 6.07) is 5.99. The van der Waals surface area contributed by atoms with Gasteiger partial charge in [-0.15, -0.1) is 0 Å². The van der Waals surface area contributed by atoms with E-state index >= 15 is 0 Å². The van der Waals surface area contributed by atoms with Crippen molar-refractivity contribution in [2.45, 2.75) is 33.1 Å². The molecule has 0 bridgehead atoms. The summed E-state index contributed by atoms with van der Waals surface area (Å²) in [7, 11) is 8.75. The third-order valence-electron chi connectivity index (χ3n) is 5.65. The fraction of sp³-hybridized carbons (Fsp3) is 0.462. The Balaban J connectivity index is 1.80. The molecule has 11 heteroatoms. The van der Waals surface area contributed by atoms with Crippen LogP contribution in [0.4, 0.5) is 11.6 Å². The highest BCUT2D eigenvalue weighted by Gasteiger charge is 2.23. The lowest BCUT2D eigenvalue weighted by Crippen LogP contribution is -2.30. The Labute approximate surface area is 217 Å². The van der Waals surface area contributed by atoms with Gasteiger partial charge in [-0.2, -0.15) is 15.0 Å². The predicted molar refractivity (Wildman–Crippen MR) is 141 cm³/mol. The largest absolute Gasteiger partial charge is 0.479 e. The number of likely N-dealkylation sites (N-methyl/N-ethyl adjacent to an activating group) is 2. The molecule has 11 nitrogen and oxygen atoms in total. The van der Waals surface area contributed by atoms with Crippen LogP contribution in [0.5, 0.6) is 23.6 Å². The van der Waals surface area contributed by atoms with E-state index in [0.717, 1.165) is 17.7 Å². The zero-order chi connectivity index (χ0) is 27.3. The molecular weight excluding hydrogens is 476 g/mol. The van der Waals surface area contributed by atoms with Gasteiger partial charge in [0, 0.05) is 20.1 Å². The molecule has 2 heterocycles. The Kier molecular flexibility index (Phi) is 8.59. The monoisotopic (exact) mass is 512 g/mol. The van der Waals surface area contributed by atoms with Gasteiger partial charge in [0.1, 0.15) is 12.0 Å². The van der Waals surface area contributed by atoms with Crippen molar-refractivity contribution in [1.82, 2.24) is 19.9 Å². The zero-order valence-corrected chi connectivity index (χ0v) is 23.0. The molecule has 1 N–H and O–H groups in total. The molecule has 0 aliphatic rings. The number of anilines is 2. The number of benzene rings is 1. The van der Waals surface area contributed by atoms with Gasteiger partial charge in [0.05, 0.1) is 14.2 Å². The number of oxazole rings is 1. The second-order valence-electron chi connectivity index (χ2n) is 9.93. The summed E-state index contributed by atoms with van der Waals surface area (Å²) in [5, 5.41) is 2.71. The lowest BCUT2D eigenvalue weighted by Gasteiger charge is -2.21. The first-order valence-corrected chi connectivity index (χ1v) is 11.8. The predicted octanol–water partition coefficient (Wildman–Crippen LogP) is 4.13. The molecule has 0 atom stereocenters.